The summed E-state index contributed by atoms with van der Waals surface area (Å²) >= 11 is 0. The molecule has 4 heterocycles. The summed E-state index contributed by atoms with van der Waals surface area (Å²) in [4.78, 5) is 11.9. The molecule has 0 radical (unpaired) electrons. The van der Waals surface area contributed by atoms with E-state index in [0.717, 1.165) is 23.5 Å². The average Bonchev–Trinajstić information content (AvgIpc) is 3.12. The van der Waals surface area contributed by atoms with E-state index in [1.807, 2.05) is 30.3 Å². The summed E-state index contributed by atoms with van der Waals surface area (Å²) in [6.45, 7) is 0.916. The van der Waals surface area contributed by atoms with Crippen LogP contribution in [-0.2, 0) is 7.05 Å². The van der Waals surface area contributed by atoms with Gasteiger partial charge in [0, 0.05) is 43.5 Å². The van der Waals surface area contributed by atoms with Crippen LogP contribution in [-0.4, -0.2) is 38.5 Å². The molecule has 2 unspecified atom stereocenters. The van der Waals surface area contributed by atoms with Crippen molar-refractivity contribution in [3.8, 4) is 28.1 Å². The van der Waals surface area contributed by atoms with Crippen LogP contribution in [0.4, 0.5) is 5.82 Å². The smallest absolute Gasteiger partial charge is 0.250 e. The van der Waals surface area contributed by atoms with Gasteiger partial charge in [0.15, 0.2) is 0 Å². The highest BCUT2D eigenvalue weighted by Gasteiger charge is 2.33. The van der Waals surface area contributed by atoms with Crippen LogP contribution in [0.25, 0.3) is 22.4 Å². The number of hydrogen-bond donors (Lipinski definition) is 3. The van der Waals surface area contributed by atoms with Crippen molar-refractivity contribution in [1.82, 2.24) is 20.1 Å². The van der Waals surface area contributed by atoms with Gasteiger partial charge >= 0.3 is 0 Å². The fraction of sp³-hybridized carbons (Fsp3) is 0.375. The maximum atomic E-state index is 11.9. The molecule has 3 N–H and O–H groups in total. The molecule has 0 saturated carbocycles. The van der Waals surface area contributed by atoms with Crippen molar-refractivity contribution in [3.05, 3.63) is 59.0 Å². The molecule has 2 atom stereocenters. The first-order chi connectivity index (χ1) is 15.0. The molecule has 7 nitrogen and oxygen atoms in total. The zero-order valence-corrected chi connectivity index (χ0v) is 17.6. The summed E-state index contributed by atoms with van der Waals surface area (Å²) in [6.07, 6.45) is 6.78. The van der Waals surface area contributed by atoms with Crippen LogP contribution in [0.2, 0.25) is 0 Å². The second kappa shape index (κ2) is 8.15. The Morgan fingerprint density at radius 1 is 1.06 bits per heavy atom. The molecule has 5 rings (SSSR count). The summed E-state index contributed by atoms with van der Waals surface area (Å²) in [5.74, 6) is 1.54. The van der Waals surface area contributed by atoms with E-state index < -0.39 is 0 Å². The van der Waals surface area contributed by atoms with Gasteiger partial charge in [0.25, 0.3) is 5.56 Å². The molecule has 31 heavy (non-hydrogen) atoms. The minimum Gasteiger partial charge on any atom is -0.507 e. The summed E-state index contributed by atoms with van der Waals surface area (Å²) in [5.41, 5.74) is 2.68. The first-order valence-corrected chi connectivity index (χ1v) is 10.9. The monoisotopic (exact) mass is 417 g/mol. The Hall–Kier alpha value is -3.19. The minimum atomic E-state index is -0.0906. The van der Waals surface area contributed by atoms with E-state index in [4.69, 9.17) is 0 Å². The van der Waals surface area contributed by atoms with Crippen LogP contribution in [0, 0.1) is 5.92 Å². The number of nitrogens with one attached hydrogen (secondary N) is 2. The van der Waals surface area contributed by atoms with Gasteiger partial charge in [-0.2, -0.15) is 0 Å². The number of nitrogens with zero attached hydrogens (tertiary/aromatic N) is 3. The zero-order chi connectivity index (χ0) is 21.4. The molecule has 2 saturated heterocycles. The van der Waals surface area contributed by atoms with Crippen molar-refractivity contribution in [2.24, 2.45) is 13.0 Å². The third-order valence-electron chi connectivity index (χ3n) is 6.52. The second-order valence-corrected chi connectivity index (χ2v) is 8.76. The number of piperidine rings is 1. The number of anilines is 1. The Morgan fingerprint density at radius 3 is 2.52 bits per heavy atom. The highest BCUT2D eigenvalue weighted by Crippen LogP contribution is 2.33. The third-order valence-corrected chi connectivity index (χ3v) is 6.52. The lowest BCUT2D eigenvalue weighted by Crippen LogP contribution is -2.40. The van der Waals surface area contributed by atoms with Gasteiger partial charge < -0.3 is 20.3 Å². The van der Waals surface area contributed by atoms with Crippen molar-refractivity contribution < 1.29 is 5.11 Å². The lowest BCUT2D eigenvalue weighted by Gasteiger charge is -2.29. The first kappa shape index (κ1) is 19.8. The fourth-order valence-corrected chi connectivity index (χ4v) is 4.82. The molecule has 0 spiro atoms. The topological polar surface area (TPSA) is 92.1 Å². The number of aromatic hydroxyl groups is 1. The van der Waals surface area contributed by atoms with E-state index in [2.05, 4.69) is 20.8 Å². The Balaban J connectivity index is 1.27. The standard InChI is InChI=1S/C24H27N5O2/c1-29-9-8-17(13-24(29)31)16-2-5-20(22(30)12-16)21-6-7-23(28-27-21)25-14-15-10-18-3-4-19(11-15)26-18/h2,5-9,12-13,15,18-19,26,30H,3-4,10-11,14H2,1H3,(H,25,28). The summed E-state index contributed by atoms with van der Waals surface area (Å²) in [5, 5.41) is 26.3. The number of benzene rings is 1. The Morgan fingerprint density at radius 2 is 1.84 bits per heavy atom. The number of aryl methyl sites for hydroxylation is 1. The van der Waals surface area contributed by atoms with Gasteiger partial charge in [-0.15, -0.1) is 10.2 Å². The Labute approximate surface area is 181 Å². The predicted octanol–water partition coefficient (Wildman–Crippen LogP) is 3.16. The number of pyridine rings is 1. The number of fused-ring (bicyclic) bond motifs is 2. The normalized spacial score (nSPS) is 22.4. The van der Waals surface area contributed by atoms with Crippen molar-refractivity contribution in [2.75, 3.05) is 11.9 Å². The number of phenolic OH excluding ortho intramolecular Hbond substituents is 1. The van der Waals surface area contributed by atoms with Gasteiger partial charge in [0.2, 0.25) is 0 Å². The van der Waals surface area contributed by atoms with Crippen LogP contribution in [0.15, 0.2) is 53.5 Å². The number of rotatable bonds is 5. The molecule has 2 aliphatic rings. The second-order valence-electron chi connectivity index (χ2n) is 8.76. The first-order valence-electron chi connectivity index (χ1n) is 10.9. The SMILES string of the molecule is Cn1ccc(-c2ccc(-c3ccc(NCC4CC5CCC(C4)N5)nn3)c(O)c2)cc1=O. The van der Waals surface area contributed by atoms with E-state index >= 15 is 0 Å². The van der Waals surface area contributed by atoms with E-state index in [0.29, 0.717) is 29.3 Å². The average molecular weight is 418 g/mol. The molecule has 160 valence electrons. The summed E-state index contributed by atoms with van der Waals surface area (Å²) in [7, 11) is 1.71. The van der Waals surface area contributed by atoms with Crippen molar-refractivity contribution in [1.29, 1.82) is 0 Å². The largest absolute Gasteiger partial charge is 0.507 e. The van der Waals surface area contributed by atoms with Crippen molar-refractivity contribution >= 4 is 5.82 Å². The number of aromatic nitrogens is 3. The maximum absolute atomic E-state index is 11.9. The minimum absolute atomic E-state index is 0.0906. The van der Waals surface area contributed by atoms with Gasteiger partial charge in [0.05, 0.1) is 5.69 Å². The highest BCUT2D eigenvalue weighted by molar-refractivity contribution is 5.74. The predicted molar refractivity (Wildman–Crippen MR) is 121 cm³/mol. The molecule has 2 aromatic heterocycles. The Bertz CT molecular complexity index is 1130. The lowest BCUT2D eigenvalue weighted by atomic mass is 9.92. The molecule has 0 amide bonds. The summed E-state index contributed by atoms with van der Waals surface area (Å²) < 4.78 is 1.51. The van der Waals surface area contributed by atoms with Crippen LogP contribution in [0.5, 0.6) is 5.75 Å². The van der Waals surface area contributed by atoms with Gasteiger partial charge in [-0.3, -0.25) is 4.79 Å². The van der Waals surface area contributed by atoms with E-state index in [9.17, 15) is 9.90 Å². The van der Waals surface area contributed by atoms with Crippen LogP contribution >= 0.6 is 0 Å². The van der Waals surface area contributed by atoms with E-state index in [1.54, 1.807) is 25.4 Å². The molecule has 7 heteroatoms. The van der Waals surface area contributed by atoms with Gasteiger partial charge in [-0.25, -0.2) is 0 Å². The van der Waals surface area contributed by atoms with Gasteiger partial charge in [-0.05, 0) is 73.1 Å². The molecule has 1 aromatic carbocycles. The molecule has 2 bridgehead atoms. The number of phenols is 1. The van der Waals surface area contributed by atoms with Crippen molar-refractivity contribution in [3.63, 3.8) is 0 Å². The molecular weight excluding hydrogens is 390 g/mol. The van der Waals surface area contributed by atoms with Crippen LogP contribution in [0.3, 0.4) is 0 Å². The number of hydrogen-bond acceptors (Lipinski definition) is 6. The molecule has 2 fully saturated rings. The highest BCUT2D eigenvalue weighted by atomic mass is 16.3. The third kappa shape index (κ3) is 4.18. The zero-order valence-electron chi connectivity index (χ0n) is 17.6. The van der Waals surface area contributed by atoms with Gasteiger partial charge in [0.1, 0.15) is 11.6 Å². The van der Waals surface area contributed by atoms with E-state index in [1.165, 1.54) is 30.3 Å². The van der Waals surface area contributed by atoms with Crippen LogP contribution < -0.4 is 16.2 Å². The Kier molecular flexibility index (Phi) is 5.19. The molecule has 2 aliphatic heterocycles. The molecule has 0 aliphatic carbocycles. The van der Waals surface area contributed by atoms with Crippen LogP contribution in [0.1, 0.15) is 25.7 Å². The van der Waals surface area contributed by atoms with Crippen molar-refractivity contribution in [2.45, 2.75) is 37.8 Å². The quantitative estimate of drug-likeness (QED) is 0.591. The fourth-order valence-electron chi connectivity index (χ4n) is 4.82. The van der Waals surface area contributed by atoms with E-state index in [-0.39, 0.29) is 11.3 Å². The summed E-state index contributed by atoms with van der Waals surface area (Å²) in [6, 6.07) is 13.9. The molecular formula is C24H27N5O2. The lowest BCUT2D eigenvalue weighted by molar-refractivity contribution is 0.311. The van der Waals surface area contributed by atoms with Gasteiger partial charge in [-0.1, -0.05) is 6.07 Å². The maximum Gasteiger partial charge on any atom is 0.250 e. The molecule has 3 aromatic rings.